The highest BCUT2D eigenvalue weighted by Gasteiger charge is 2.09. The fraction of sp³-hybridized carbons (Fsp3) is 0.160. The standard InChI is InChI=1S/C25H24ClN3O4/c1-17-15-21(11-12-22(17)26)33-16-18-7-9-20(10-8-18)25(32)29-28-23(30)13-14-27-24(31)19-5-3-2-4-6-19/h2-12,15H,13-14,16H2,1H3,(H,27,31)(H,28,30)(H,29,32). The second-order valence-electron chi connectivity index (χ2n) is 7.27. The van der Waals surface area contributed by atoms with Crippen LogP contribution >= 0.6 is 11.6 Å². The molecule has 0 unspecified atom stereocenters. The van der Waals surface area contributed by atoms with Gasteiger partial charge < -0.3 is 10.1 Å². The van der Waals surface area contributed by atoms with Gasteiger partial charge in [0.1, 0.15) is 12.4 Å². The third-order valence-corrected chi connectivity index (χ3v) is 5.16. The molecule has 0 heterocycles. The molecule has 0 spiro atoms. The Hall–Kier alpha value is -3.84. The van der Waals surface area contributed by atoms with Crippen molar-refractivity contribution in [1.82, 2.24) is 16.2 Å². The van der Waals surface area contributed by atoms with Gasteiger partial charge in [-0.3, -0.25) is 25.2 Å². The molecule has 170 valence electrons. The predicted molar refractivity (Wildman–Crippen MR) is 126 cm³/mol. The largest absolute Gasteiger partial charge is 0.489 e. The second kappa shape index (κ2) is 11.7. The van der Waals surface area contributed by atoms with E-state index in [4.69, 9.17) is 16.3 Å². The minimum absolute atomic E-state index is 0.0271. The van der Waals surface area contributed by atoms with E-state index in [1.165, 1.54) is 0 Å². The maximum Gasteiger partial charge on any atom is 0.269 e. The molecule has 7 nitrogen and oxygen atoms in total. The van der Waals surface area contributed by atoms with Crippen LogP contribution in [0.25, 0.3) is 0 Å². The summed E-state index contributed by atoms with van der Waals surface area (Å²) in [6.45, 7) is 2.40. The molecule has 3 rings (SSSR count). The van der Waals surface area contributed by atoms with Gasteiger partial charge in [-0.15, -0.1) is 0 Å². The maximum atomic E-state index is 12.2. The normalized spacial score (nSPS) is 10.2. The number of hydrazine groups is 1. The smallest absolute Gasteiger partial charge is 0.269 e. The molecule has 0 aliphatic heterocycles. The van der Waals surface area contributed by atoms with Gasteiger partial charge in [-0.05, 0) is 60.5 Å². The summed E-state index contributed by atoms with van der Waals surface area (Å²) in [5.41, 5.74) is 7.43. The minimum Gasteiger partial charge on any atom is -0.489 e. The minimum atomic E-state index is -0.447. The van der Waals surface area contributed by atoms with E-state index in [9.17, 15) is 14.4 Å². The first-order chi connectivity index (χ1) is 15.9. The van der Waals surface area contributed by atoms with E-state index in [1.54, 1.807) is 60.7 Å². The molecule has 8 heteroatoms. The summed E-state index contributed by atoms with van der Waals surface area (Å²) in [5, 5.41) is 3.34. The number of rotatable bonds is 8. The Morgan fingerprint density at radius 2 is 1.55 bits per heavy atom. The van der Waals surface area contributed by atoms with E-state index in [0.717, 1.165) is 11.1 Å². The van der Waals surface area contributed by atoms with E-state index >= 15 is 0 Å². The van der Waals surface area contributed by atoms with Crippen molar-refractivity contribution in [1.29, 1.82) is 0 Å². The lowest BCUT2D eigenvalue weighted by atomic mass is 10.1. The molecule has 0 saturated carbocycles. The van der Waals surface area contributed by atoms with Gasteiger partial charge in [0.15, 0.2) is 0 Å². The lowest BCUT2D eigenvalue weighted by molar-refractivity contribution is -0.121. The highest BCUT2D eigenvalue weighted by molar-refractivity contribution is 6.31. The summed E-state index contributed by atoms with van der Waals surface area (Å²) in [6.07, 6.45) is 0.0271. The maximum absolute atomic E-state index is 12.2. The van der Waals surface area contributed by atoms with Crippen molar-refractivity contribution in [2.24, 2.45) is 0 Å². The third kappa shape index (κ3) is 7.36. The molecule has 0 fully saturated rings. The van der Waals surface area contributed by atoms with E-state index in [-0.39, 0.29) is 18.9 Å². The zero-order chi connectivity index (χ0) is 23.6. The molecule has 0 aromatic heterocycles. The number of nitrogens with one attached hydrogen (secondary N) is 3. The van der Waals surface area contributed by atoms with Crippen LogP contribution in [0.3, 0.4) is 0 Å². The fourth-order valence-electron chi connectivity index (χ4n) is 2.87. The number of carbonyl (C=O) groups excluding carboxylic acids is 3. The quantitative estimate of drug-likeness (QED) is 0.441. The first-order valence-corrected chi connectivity index (χ1v) is 10.7. The molecule has 3 N–H and O–H groups in total. The van der Waals surface area contributed by atoms with Crippen molar-refractivity contribution >= 4 is 29.3 Å². The molecular weight excluding hydrogens is 442 g/mol. The first-order valence-electron chi connectivity index (χ1n) is 10.3. The molecule has 0 aliphatic carbocycles. The molecule has 3 aromatic rings. The number of hydrogen-bond donors (Lipinski definition) is 3. The topological polar surface area (TPSA) is 96.5 Å². The van der Waals surface area contributed by atoms with Gasteiger partial charge in [0.05, 0.1) is 0 Å². The average Bonchev–Trinajstić information content (AvgIpc) is 2.84. The lowest BCUT2D eigenvalue weighted by Crippen LogP contribution is -2.42. The summed E-state index contributed by atoms with van der Waals surface area (Å²) in [7, 11) is 0. The Morgan fingerprint density at radius 1 is 0.848 bits per heavy atom. The summed E-state index contributed by atoms with van der Waals surface area (Å²) in [4.78, 5) is 36.1. The Labute approximate surface area is 197 Å². The molecular formula is C25H24ClN3O4. The van der Waals surface area contributed by atoms with Crippen LogP contribution in [0.2, 0.25) is 5.02 Å². The Morgan fingerprint density at radius 3 is 2.24 bits per heavy atom. The summed E-state index contributed by atoms with van der Waals surface area (Å²) in [6, 6.07) is 21.0. The van der Waals surface area contributed by atoms with Gasteiger partial charge in [0.25, 0.3) is 11.8 Å². The second-order valence-corrected chi connectivity index (χ2v) is 7.68. The third-order valence-electron chi connectivity index (χ3n) is 4.74. The van der Waals surface area contributed by atoms with Crippen LogP contribution < -0.4 is 20.9 Å². The Kier molecular flexibility index (Phi) is 8.43. The molecule has 33 heavy (non-hydrogen) atoms. The van der Waals surface area contributed by atoms with Crippen LogP contribution in [0.1, 0.15) is 38.3 Å². The molecule has 3 amide bonds. The van der Waals surface area contributed by atoms with Gasteiger partial charge in [0.2, 0.25) is 5.91 Å². The SMILES string of the molecule is Cc1cc(OCc2ccc(C(=O)NNC(=O)CCNC(=O)c3ccccc3)cc2)ccc1Cl. The van der Waals surface area contributed by atoms with Gasteiger partial charge in [-0.2, -0.15) is 0 Å². The van der Waals surface area contributed by atoms with Crippen LogP contribution in [0.5, 0.6) is 5.75 Å². The number of carbonyl (C=O) groups is 3. The van der Waals surface area contributed by atoms with E-state index in [2.05, 4.69) is 16.2 Å². The van der Waals surface area contributed by atoms with Crippen molar-refractivity contribution in [3.63, 3.8) is 0 Å². The van der Waals surface area contributed by atoms with Gasteiger partial charge in [0, 0.05) is 29.1 Å². The zero-order valence-electron chi connectivity index (χ0n) is 18.1. The number of hydrogen-bond acceptors (Lipinski definition) is 4. The predicted octanol–water partition coefficient (Wildman–Crippen LogP) is 3.81. The van der Waals surface area contributed by atoms with Crippen LogP contribution in [0, 0.1) is 6.92 Å². The zero-order valence-corrected chi connectivity index (χ0v) is 18.8. The summed E-state index contributed by atoms with van der Waals surface area (Å²) >= 11 is 6.01. The average molecular weight is 466 g/mol. The first kappa shape index (κ1) is 23.8. The van der Waals surface area contributed by atoms with E-state index in [1.807, 2.05) is 19.1 Å². The van der Waals surface area contributed by atoms with Crippen LogP contribution in [0.4, 0.5) is 0 Å². The Bertz CT molecular complexity index is 1120. The highest BCUT2D eigenvalue weighted by Crippen LogP contribution is 2.21. The van der Waals surface area contributed by atoms with Crippen LogP contribution in [0.15, 0.2) is 72.8 Å². The number of aryl methyl sites for hydroxylation is 1. The van der Waals surface area contributed by atoms with Crippen LogP contribution in [-0.4, -0.2) is 24.3 Å². The molecule has 0 radical (unpaired) electrons. The lowest BCUT2D eigenvalue weighted by Gasteiger charge is -2.10. The van der Waals surface area contributed by atoms with E-state index < -0.39 is 11.8 Å². The number of halogens is 1. The van der Waals surface area contributed by atoms with Gasteiger partial charge in [-0.25, -0.2) is 0 Å². The monoisotopic (exact) mass is 465 g/mol. The number of ether oxygens (including phenoxy) is 1. The summed E-state index contributed by atoms with van der Waals surface area (Å²) in [5.74, 6) is -0.415. The number of benzene rings is 3. The summed E-state index contributed by atoms with van der Waals surface area (Å²) < 4.78 is 5.74. The van der Waals surface area contributed by atoms with Crippen LogP contribution in [-0.2, 0) is 11.4 Å². The Balaban J connectivity index is 1.38. The molecule has 0 bridgehead atoms. The molecule has 3 aromatic carbocycles. The van der Waals surface area contributed by atoms with Crippen molar-refractivity contribution in [2.45, 2.75) is 20.0 Å². The van der Waals surface area contributed by atoms with Crippen molar-refractivity contribution in [3.05, 3.63) is 100 Å². The fourth-order valence-corrected chi connectivity index (χ4v) is 2.99. The van der Waals surface area contributed by atoms with Crippen molar-refractivity contribution < 1.29 is 19.1 Å². The molecule has 0 aliphatic rings. The molecule has 0 atom stereocenters. The van der Waals surface area contributed by atoms with Crippen molar-refractivity contribution in [2.75, 3.05) is 6.54 Å². The van der Waals surface area contributed by atoms with Crippen molar-refractivity contribution in [3.8, 4) is 5.75 Å². The van der Waals surface area contributed by atoms with E-state index in [0.29, 0.717) is 28.5 Å². The van der Waals surface area contributed by atoms with Gasteiger partial charge in [-0.1, -0.05) is 41.9 Å². The molecule has 0 saturated heterocycles. The van der Waals surface area contributed by atoms with Gasteiger partial charge >= 0.3 is 0 Å². The highest BCUT2D eigenvalue weighted by atomic mass is 35.5. The number of amides is 3.